The molecule has 0 spiro atoms. The number of likely N-dealkylation sites (N-methyl/N-ethyl adjacent to an activating group) is 1. The summed E-state index contributed by atoms with van der Waals surface area (Å²) < 4.78 is 0.762. The summed E-state index contributed by atoms with van der Waals surface area (Å²) in [6, 6.07) is -0.0391. The number of likely N-dealkylation sites (tertiary alicyclic amines) is 1. The molecule has 1 fully saturated rings. The number of primary amides is 1. The molecule has 1 rings (SSSR count). The molecule has 1 saturated heterocycles. The maximum atomic E-state index is 11.8. The zero-order valence-corrected chi connectivity index (χ0v) is 13.9. The van der Waals surface area contributed by atoms with E-state index in [0.717, 1.165) is 43.3 Å². The fourth-order valence-corrected chi connectivity index (χ4v) is 3.22. The van der Waals surface area contributed by atoms with Crippen molar-refractivity contribution < 1.29 is 9.28 Å². The lowest BCUT2D eigenvalue weighted by molar-refractivity contribution is -0.925. The fraction of sp³-hybridized carbons (Fsp3) is 0.611. The molecular formula is C18H31N2O+. The van der Waals surface area contributed by atoms with Gasteiger partial charge in [-0.05, 0) is 36.8 Å². The van der Waals surface area contributed by atoms with E-state index in [1.165, 1.54) is 17.6 Å². The second-order valence-corrected chi connectivity index (χ2v) is 6.25. The van der Waals surface area contributed by atoms with Crippen molar-refractivity contribution in [1.82, 2.24) is 0 Å². The van der Waals surface area contributed by atoms with Gasteiger partial charge in [0.1, 0.15) is 6.54 Å². The lowest BCUT2D eigenvalue weighted by atomic mass is 9.96. The van der Waals surface area contributed by atoms with E-state index in [1.54, 1.807) is 0 Å². The van der Waals surface area contributed by atoms with E-state index >= 15 is 0 Å². The second-order valence-electron chi connectivity index (χ2n) is 6.25. The van der Waals surface area contributed by atoms with Crippen LogP contribution in [0.4, 0.5) is 0 Å². The summed E-state index contributed by atoms with van der Waals surface area (Å²) >= 11 is 0. The van der Waals surface area contributed by atoms with Crippen LogP contribution in [0.1, 0.15) is 46.0 Å². The smallest absolute Gasteiger partial charge is 0.275 e. The van der Waals surface area contributed by atoms with Gasteiger partial charge >= 0.3 is 0 Å². The molecule has 2 N–H and O–H groups in total. The maximum absolute atomic E-state index is 11.8. The Hall–Kier alpha value is -1.35. The number of allylic oxidation sites excluding steroid dienone is 4. The molecule has 0 bridgehead atoms. The summed E-state index contributed by atoms with van der Waals surface area (Å²) in [4.78, 5) is 11.8. The van der Waals surface area contributed by atoms with Crippen LogP contribution in [0.3, 0.4) is 0 Å². The first-order valence-electron chi connectivity index (χ1n) is 8.11. The molecule has 0 aromatic carbocycles. The Balaban J connectivity index is 2.92. The van der Waals surface area contributed by atoms with Crippen molar-refractivity contribution in [2.75, 3.05) is 20.1 Å². The van der Waals surface area contributed by atoms with E-state index in [0.29, 0.717) is 0 Å². The van der Waals surface area contributed by atoms with Gasteiger partial charge in [-0.25, -0.2) is 0 Å². The van der Waals surface area contributed by atoms with Crippen LogP contribution < -0.4 is 5.73 Å². The Kier molecular flexibility index (Phi) is 6.90. The van der Waals surface area contributed by atoms with Gasteiger partial charge in [0.2, 0.25) is 0 Å². The van der Waals surface area contributed by atoms with Crippen molar-refractivity contribution >= 4 is 5.91 Å². The first-order valence-corrected chi connectivity index (χ1v) is 8.11. The van der Waals surface area contributed by atoms with Crippen LogP contribution in [0.25, 0.3) is 0 Å². The zero-order valence-electron chi connectivity index (χ0n) is 13.9. The summed E-state index contributed by atoms with van der Waals surface area (Å²) in [5.74, 6) is -0.150. The zero-order chi connectivity index (χ0) is 15.9. The molecule has 0 aliphatic carbocycles. The average Bonchev–Trinajstić information content (AvgIpc) is 2.47. The molecule has 0 saturated carbocycles. The van der Waals surface area contributed by atoms with Crippen molar-refractivity contribution in [3.05, 3.63) is 36.0 Å². The molecule has 1 aliphatic heterocycles. The Morgan fingerprint density at radius 1 is 1.29 bits per heavy atom. The number of carbonyl (C=O) groups is 1. The predicted molar refractivity (Wildman–Crippen MR) is 89.7 cm³/mol. The third-order valence-corrected chi connectivity index (χ3v) is 4.70. The molecule has 1 unspecified atom stereocenters. The van der Waals surface area contributed by atoms with Crippen molar-refractivity contribution in [3.63, 3.8) is 0 Å². The largest absolute Gasteiger partial charge is 0.365 e. The van der Waals surface area contributed by atoms with Gasteiger partial charge in [0.25, 0.3) is 5.91 Å². The van der Waals surface area contributed by atoms with Gasteiger partial charge in [0.05, 0.1) is 13.6 Å². The number of nitrogens with two attached hydrogens (primary N) is 1. The molecule has 1 heterocycles. The molecule has 1 amide bonds. The van der Waals surface area contributed by atoms with Gasteiger partial charge in [-0.3, -0.25) is 4.79 Å². The standard InChI is InChI=1S/C18H30N2O/c1-5-15(6-2)11-12-16(7-3)14-20(4)13-9-8-10-17(20)18(19)21/h5,11-12,17H,1,6-10,13-14H2,2-4H3,(H-,19,21)/p+1/b15-11+,16-12+/t17-,20?/m1/s1. The van der Waals surface area contributed by atoms with Gasteiger partial charge in [-0.2, -0.15) is 0 Å². The summed E-state index contributed by atoms with van der Waals surface area (Å²) in [5, 5.41) is 0. The number of hydrogen-bond acceptors (Lipinski definition) is 1. The molecule has 0 radical (unpaired) electrons. The van der Waals surface area contributed by atoms with Crippen molar-refractivity contribution in [1.29, 1.82) is 0 Å². The Labute approximate surface area is 129 Å². The van der Waals surface area contributed by atoms with Crippen LogP contribution in [-0.2, 0) is 4.79 Å². The highest BCUT2D eigenvalue weighted by Gasteiger charge is 2.39. The Morgan fingerprint density at radius 3 is 2.52 bits per heavy atom. The van der Waals surface area contributed by atoms with Crippen molar-refractivity contribution in [2.24, 2.45) is 5.73 Å². The van der Waals surface area contributed by atoms with Gasteiger partial charge in [0, 0.05) is 6.42 Å². The van der Waals surface area contributed by atoms with Crippen LogP contribution in [-0.4, -0.2) is 36.6 Å². The van der Waals surface area contributed by atoms with Crippen LogP contribution in [0, 0.1) is 0 Å². The summed E-state index contributed by atoms with van der Waals surface area (Å²) in [6.45, 7) is 10.1. The molecule has 118 valence electrons. The third-order valence-electron chi connectivity index (χ3n) is 4.70. The molecule has 3 heteroatoms. The molecule has 0 aromatic rings. The van der Waals surface area contributed by atoms with Gasteiger partial charge in [-0.1, -0.05) is 38.7 Å². The molecule has 3 nitrogen and oxygen atoms in total. The highest BCUT2D eigenvalue weighted by molar-refractivity contribution is 5.78. The predicted octanol–water partition coefficient (Wildman–Crippen LogP) is 3.33. The highest BCUT2D eigenvalue weighted by Crippen LogP contribution is 2.26. The highest BCUT2D eigenvalue weighted by atomic mass is 16.1. The molecule has 1 aliphatic rings. The number of nitrogens with zero attached hydrogens (tertiary/aromatic N) is 1. The average molecular weight is 291 g/mol. The topological polar surface area (TPSA) is 43.1 Å². The van der Waals surface area contributed by atoms with E-state index in [1.807, 2.05) is 6.08 Å². The number of quaternary nitrogens is 1. The quantitative estimate of drug-likeness (QED) is 0.567. The minimum atomic E-state index is -0.150. The Morgan fingerprint density at radius 2 is 2.00 bits per heavy atom. The van der Waals surface area contributed by atoms with E-state index < -0.39 is 0 Å². The van der Waals surface area contributed by atoms with Crippen LogP contribution in [0.5, 0.6) is 0 Å². The number of rotatable bonds is 7. The lowest BCUT2D eigenvalue weighted by Crippen LogP contribution is -2.60. The Bertz CT molecular complexity index is 436. The number of amides is 1. The summed E-state index contributed by atoms with van der Waals surface area (Å²) in [6.07, 6.45) is 11.5. The number of piperidine rings is 1. The molecule has 21 heavy (non-hydrogen) atoms. The normalized spacial score (nSPS) is 27.5. The first-order chi connectivity index (χ1) is 9.96. The molecular weight excluding hydrogens is 260 g/mol. The number of hydrogen-bond donors (Lipinski definition) is 1. The second kappa shape index (κ2) is 8.18. The third kappa shape index (κ3) is 4.85. The molecule has 0 aromatic heterocycles. The number of carbonyl (C=O) groups excluding carboxylic acids is 1. The van der Waals surface area contributed by atoms with E-state index in [-0.39, 0.29) is 11.9 Å². The lowest BCUT2D eigenvalue weighted by Gasteiger charge is -2.43. The van der Waals surface area contributed by atoms with Crippen LogP contribution in [0.15, 0.2) is 36.0 Å². The van der Waals surface area contributed by atoms with Crippen molar-refractivity contribution in [3.8, 4) is 0 Å². The first kappa shape index (κ1) is 17.7. The maximum Gasteiger partial charge on any atom is 0.275 e. The van der Waals surface area contributed by atoms with Gasteiger partial charge in [0.15, 0.2) is 6.04 Å². The van der Waals surface area contributed by atoms with Crippen LogP contribution >= 0.6 is 0 Å². The van der Waals surface area contributed by atoms with Gasteiger partial charge < -0.3 is 10.2 Å². The van der Waals surface area contributed by atoms with Gasteiger partial charge in [-0.15, -0.1) is 0 Å². The van der Waals surface area contributed by atoms with Crippen LogP contribution in [0.2, 0.25) is 0 Å². The van der Waals surface area contributed by atoms with Crippen molar-refractivity contribution in [2.45, 2.75) is 52.0 Å². The minimum absolute atomic E-state index is 0.0391. The monoisotopic (exact) mass is 291 g/mol. The molecule has 2 atom stereocenters. The van der Waals surface area contributed by atoms with E-state index in [4.69, 9.17) is 5.73 Å². The summed E-state index contributed by atoms with van der Waals surface area (Å²) in [7, 11) is 2.18. The summed E-state index contributed by atoms with van der Waals surface area (Å²) in [5.41, 5.74) is 8.24. The fourth-order valence-electron chi connectivity index (χ4n) is 3.22. The van der Waals surface area contributed by atoms with E-state index in [9.17, 15) is 4.79 Å². The minimum Gasteiger partial charge on any atom is -0.365 e. The SMILES string of the molecule is C=C/C(=C\C=C(/CC)C[N+]1(C)CCCC[C@@H]1C(N)=O)CC. The van der Waals surface area contributed by atoms with E-state index in [2.05, 4.69) is 39.6 Å².